The van der Waals surface area contributed by atoms with E-state index in [0.29, 0.717) is 0 Å². The Hall–Kier alpha value is -2.22. The van der Waals surface area contributed by atoms with E-state index in [2.05, 4.69) is 69.3 Å². The van der Waals surface area contributed by atoms with Gasteiger partial charge in [0, 0.05) is 6.21 Å². The molecule has 0 aliphatic heterocycles. The lowest BCUT2D eigenvalue weighted by Crippen LogP contribution is -1.99. The Bertz CT molecular complexity index is 1450. The van der Waals surface area contributed by atoms with E-state index in [-0.39, 0.29) is 0 Å². The molecule has 0 saturated carbocycles. The second kappa shape index (κ2) is 55.5. The lowest BCUT2D eigenvalue weighted by atomic mass is 10.0. The minimum atomic E-state index is 0.971. The average Bonchev–Trinajstić information content (AvgIpc) is 3.42. The molecule has 2 rings (SSSR count). The maximum absolute atomic E-state index is 5.06. The lowest BCUT2D eigenvalue weighted by Gasteiger charge is -2.05. The number of unbranched alkanes of at least 4 members (excludes halogenated alkanes) is 49. The van der Waals surface area contributed by atoms with Gasteiger partial charge in [-0.15, -0.1) is 0 Å². The first-order valence-electron chi connectivity index (χ1n) is 34.0. The van der Waals surface area contributed by atoms with Crippen molar-refractivity contribution < 1.29 is 0 Å². The predicted octanol–water partition coefficient (Wildman–Crippen LogP) is 26.0. The van der Waals surface area contributed by atoms with Crippen molar-refractivity contribution in [1.29, 1.82) is 0 Å². The van der Waals surface area contributed by atoms with Gasteiger partial charge in [0.25, 0.3) is 0 Å². The van der Waals surface area contributed by atoms with Crippen LogP contribution in [0.1, 0.15) is 372 Å². The van der Waals surface area contributed by atoms with Gasteiger partial charge in [-0.05, 0) is 73.9 Å². The second-order valence-corrected chi connectivity index (χ2v) is 23.8. The number of aryl methyl sites for hydroxylation is 2. The van der Waals surface area contributed by atoms with Crippen molar-refractivity contribution in [2.45, 2.75) is 374 Å². The average molecular weight is 1020 g/mol. The standard InChI is InChI=1S/C72H128N2/c1-4-7-10-12-14-16-18-20-22-24-26-28-30-32-34-36-38-40-42-44-46-48-50-52-54-56-68-59-63-70(64-60-68)73-67-72(58-9-6-3)74-71-65-61-69(62-66-71)57-55-53-51-49-47-45-43-41-39-37-35-33-31-29-27-25-23-21-19-17-15-13-11-8-5-2/h59-67H,4-58H2,1-3H3. The van der Waals surface area contributed by atoms with E-state index in [1.54, 1.807) is 0 Å². The molecule has 0 amide bonds. The second-order valence-electron chi connectivity index (χ2n) is 23.8. The minimum absolute atomic E-state index is 0.971. The molecule has 0 bridgehead atoms. The molecular formula is C72H128N2. The van der Waals surface area contributed by atoms with Gasteiger partial charge >= 0.3 is 0 Å². The fourth-order valence-corrected chi connectivity index (χ4v) is 11.2. The van der Waals surface area contributed by atoms with Gasteiger partial charge in [-0.1, -0.05) is 360 Å². The van der Waals surface area contributed by atoms with Crippen LogP contribution in [0.3, 0.4) is 0 Å². The van der Waals surface area contributed by atoms with Gasteiger partial charge in [-0.3, -0.25) is 9.98 Å². The van der Waals surface area contributed by atoms with Crippen LogP contribution in [-0.2, 0) is 12.8 Å². The Labute approximate surface area is 464 Å². The van der Waals surface area contributed by atoms with Crippen LogP contribution >= 0.6 is 0 Å². The van der Waals surface area contributed by atoms with Gasteiger partial charge in [-0.2, -0.15) is 0 Å². The first-order valence-corrected chi connectivity index (χ1v) is 34.0. The fraction of sp³-hybridized carbons (Fsp3) is 0.806. The molecule has 0 radical (unpaired) electrons. The summed E-state index contributed by atoms with van der Waals surface area (Å²) in [6.45, 7) is 6.88. The van der Waals surface area contributed by atoms with Crippen molar-refractivity contribution >= 4 is 23.3 Å². The van der Waals surface area contributed by atoms with Crippen LogP contribution in [0.15, 0.2) is 58.5 Å². The summed E-state index contributed by atoms with van der Waals surface area (Å²) in [7, 11) is 0. The van der Waals surface area contributed by atoms with E-state index in [4.69, 9.17) is 9.98 Å². The molecule has 0 unspecified atom stereocenters. The summed E-state index contributed by atoms with van der Waals surface area (Å²) < 4.78 is 0. The van der Waals surface area contributed by atoms with Crippen LogP contribution in [-0.4, -0.2) is 11.9 Å². The van der Waals surface area contributed by atoms with Gasteiger partial charge in [0.2, 0.25) is 0 Å². The minimum Gasteiger partial charge on any atom is -0.255 e. The van der Waals surface area contributed by atoms with E-state index in [1.807, 2.05) is 6.21 Å². The molecule has 2 aromatic rings. The third-order valence-corrected chi connectivity index (χ3v) is 16.4. The van der Waals surface area contributed by atoms with Gasteiger partial charge in [-0.25, -0.2) is 0 Å². The molecule has 2 nitrogen and oxygen atoms in total. The van der Waals surface area contributed by atoms with E-state index in [1.165, 1.54) is 351 Å². The van der Waals surface area contributed by atoms with E-state index < -0.39 is 0 Å². The van der Waals surface area contributed by atoms with Crippen molar-refractivity contribution in [1.82, 2.24) is 0 Å². The van der Waals surface area contributed by atoms with Crippen LogP contribution in [0.2, 0.25) is 0 Å². The number of hydrogen-bond donors (Lipinski definition) is 0. The van der Waals surface area contributed by atoms with Gasteiger partial charge in [0.15, 0.2) is 0 Å². The molecule has 0 heterocycles. The largest absolute Gasteiger partial charge is 0.255 e. The monoisotopic (exact) mass is 1020 g/mol. The summed E-state index contributed by atoms with van der Waals surface area (Å²) in [5.41, 5.74) is 6.06. The molecule has 0 atom stereocenters. The molecular weight excluding hydrogens is 893 g/mol. The number of nitrogens with zero attached hydrogens (tertiary/aromatic N) is 2. The maximum Gasteiger partial charge on any atom is 0.0633 e. The fourth-order valence-electron chi connectivity index (χ4n) is 11.2. The summed E-state index contributed by atoms with van der Waals surface area (Å²) in [4.78, 5) is 9.93. The third kappa shape index (κ3) is 45.9. The highest BCUT2D eigenvalue weighted by Gasteiger charge is 2.03. The van der Waals surface area contributed by atoms with Gasteiger partial charge in [0.05, 0.1) is 17.1 Å². The zero-order chi connectivity index (χ0) is 52.6. The summed E-state index contributed by atoms with van der Waals surface area (Å²) in [6.07, 6.45) is 80.0. The summed E-state index contributed by atoms with van der Waals surface area (Å²) in [6, 6.07) is 18.0. The van der Waals surface area contributed by atoms with Crippen molar-refractivity contribution in [3.63, 3.8) is 0 Å². The molecule has 2 heteroatoms. The van der Waals surface area contributed by atoms with Crippen LogP contribution in [0.25, 0.3) is 0 Å². The van der Waals surface area contributed by atoms with Gasteiger partial charge in [0.1, 0.15) is 0 Å². The Morgan fingerprint density at radius 3 is 0.716 bits per heavy atom. The molecule has 426 valence electrons. The van der Waals surface area contributed by atoms with Crippen molar-refractivity contribution in [3.8, 4) is 0 Å². The van der Waals surface area contributed by atoms with Crippen LogP contribution in [0, 0.1) is 0 Å². The maximum atomic E-state index is 5.06. The quantitative estimate of drug-likeness (QED) is 0.0466. The smallest absolute Gasteiger partial charge is 0.0633 e. The van der Waals surface area contributed by atoms with Crippen LogP contribution in [0.4, 0.5) is 11.4 Å². The Morgan fingerprint density at radius 2 is 0.473 bits per heavy atom. The van der Waals surface area contributed by atoms with Crippen LogP contribution < -0.4 is 0 Å². The highest BCUT2D eigenvalue weighted by Crippen LogP contribution is 2.22. The predicted molar refractivity (Wildman–Crippen MR) is 337 cm³/mol. The molecule has 0 aliphatic carbocycles. The zero-order valence-electron chi connectivity index (χ0n) is 50.5. The van der Waals surface area contributed by atoms with E-state index in [0.717, 1.165) is 29.9 Å². The van der Waals surface area contributed by atoms with Crippen molar-refractivity contribution in [2.24, 2.45) is 9.98 Å². The van der Waals surface area contributed by atoms with E-state index in [9.17, 15) is 0 Å². The SMILES string of the molecule is CCCCCCCCCCCCCCCCCCCCCCCCCCCc1ccc(N=CC(CCCC)=Nc2ccc(CCCCCCCCCCCCCCCCCCCCCCCCCCC)cc2)cc1. The number of benzene rings is 2. The molecule has 0 N–H and O–H groups in total. The normalized spacial score (nSPS) is 12.0. The van der Waals surface area contributed by atoms with E-state index >= 15 is 0 Å². The van der Waals surface area contributed by atoms with Gasteiger partial charge < -0.3 is 0 Å². The van der Waals surface area contributed by atoms with Crippen LogP contribution in [0.5, 0.6) is 0 Å². The summed E-state index contributed by atoms with van der Waals surface area (Å²) in [5.74, 6) is 0. The molecule has 0 fully saturated rings. The zero-order valence-corrected chi connectivity index (χ0v) is 50.5. The first kappa shape index (κ1) is 67.9. The summed E-state index contributed by atoms with van der Waals surface area (Å²) in [5, 5.41) is 0. The molecule has 0 aromatic heterocycles. The Balaban J connectivity index is 1.41. The number of rotatable bonds is 58. The lowest BCUT2D eigenvalue weighted by molar-refractivity contribution is 0.516. The molecule has 0 aliphatic rings. The van der Waals surface area contributed by atoms with Crippen molar-refractivity contribution in [2.75, 3.05) is 0 Å². The molecule has 74 heavy (non-hydrogen) atoms. The number of aliphatic imine (C=N–C) groups is 2. The highest BCUT2D eigenvalue weighted by molar-refractivity contribution is 6.31. The highest BCUT2D eigenvalue weighted by atomic mass is 14.8. The summed E-state index contributed by atoms with van der Waals surface area (Å²) >= 11 is 0. The number of hydrogen-bond acceptors (Lipinski definition) is 2. The third-order valence-electron chi connectivity index (χ3n) is 16.4. The Kier molecular flexibility index (Phi) is 50.9. The van der Waals surface area contributed by atoms with Crippen molar-refractivity contribution in [3.05, 3.63) is 59.7 Å². The molecule has 0 spiro atoms. The topological polar surface area (TPSA) is 24.7 Å². The molecule has 2 aromatic carbocycles. The first-order chi connectivity index (χ1) is 36.7. The molecule has 0 saturated heterocycles. The Morgan fingerprint density at radius 1 is 0.257 bits per heavy atom.